The number of hydrogen-bond donors (Lipinski definition) is 0. The van der Waals surface area contributed by atoms with Crippen LogP contribution in [-0.4, -0.2) is 0 Å². The van der Waals surface area contributed by atoms with Crippen LogP contribution in [0.25, 0.3) is 0 Å². The van der Waals surface area contributed by atoms with Gasteiger partial charge in [-0.3, -0.25) is 0 Å². The summed E-state index contributed by atoms with van der Waals surface area (Å²) in [7, 11) is 0. The lowest BCUT2D eigenvalue weighted by Crippen LogP contribution is -2.11. The van der Waals surface area contributed by atoms with Gasteiger partial charge < -0.3 is 0 Å². The third-order valence-electron chi connectivity index (χ3n) is 4.45. The van der Waals surface area contributed by atoms with Gasteiger partial charge in [0, 0.05) is 0 Å². The first-order chi connectivity index (χ1) is 7.09. The van der Waals surface area contributed by atoms with Gasteiger partial charge in [0.2, 0.25) is 0 Å². The van der Waals surface area contributed by atoms with Crippen LogP contribution < -0.4 is 0 Å². The molecule has 0 aromatic heterocycles. The van der Waals surface area contributed by atoms with Crippen LogP contribution in [0, 0.1) is 23.7 Å². The Morgan fingerprint density at radius 2 is 2.00 bits per heavy atom. The van der Waals surface area contributed by atoms with E-state index >= 15 is 0 Å². The molecule has 2 aliphatic carbocycles. The van der Waals surface area contributed by atoms with Gasteiger partial charge in [0.1, 0.15) is 0 Å². The van der Waals surface area contributed by atoms with Crippen molar-refractivity contribution < 1.29 is 0 Å². The molecule has 0 aromatic rings. The summed E-state index contributed by atoms with van der Waals surface area (Å²) in [6, 6.07) is 0. The van der Waals surface area contributed by atoms with Crippen LogP contribution in [0.1, 0.15) is 47.0 Å². The van der Waals surface area contributed by atoms with Crippen molar-refractivity contribution in [3.63, 3.8) is 0 Å². The molecule has 1 fully saturated rings. The van der Waals surface area contributed by atoms with Crippen LogP contribution in [0.5, 0.6) is 0 Å². The predicted molar refractivity (Wildman–Crippen MR) is 66.7 cm³/mol. The second-order valence-electron chi connectivity index (χ2n) is 5.79. The molecule has 2 aliphatic rings. The summed E-state index contributed by atoms with van der Waals surface area (Å²) < 4.78 is 0. The van der Waals surface area contributed by atoms with E-state index in [4.69, 9.17) is 0 Å². The number of allylic oxidation sites excluding steroid dienone is 4. The van der Waals surface area contributed by atoms with Crippen molar-refractivity contribution in [1.29, 1.82) is 0 Å². The van der Waals surface area contributed by atoms with Gasteiger partial charge in [0.05, 0.1) is 0 Å². The van der Waals surface area contributed by atoms with E-state index in [0.717, 1.165) is 23.7 Å². The number of hydrogen-bond acceptors (Lipinski definition) is 0. The lowest BCUT2D eigenvalue weighted by atomic mass is 9.85. The van der Waals surface area contributed by atoms with Crippen molar-refractivity contribution in [2.24, 2.45) is 23.7 Å². The highest BCUT2D eigenvalue weighted by molar-refractivity contribution is 5.23. The molecule has 15 heavy (non-hydrogen) atoms. The van der Waals surface area contributed by atoms with Crippen LogP contribution in [0.15, 0.2) is 23.3 Å². The van der Waals surface area contributed by atoms with E-state index in [1.807, 2.05) is 0 Å². The molecule has 0 saturated heterocycles. The van der Waals surface area contributed by atoms with Crippen LogP contribution in [-0.2, 0) is 0 Å². The van der Waals surface area contributed by atoms with E-state index in [-0.39, 0.29) is 0 Å². The Hall–Kier alpha value is -0.520. The van der Waals surface area contributed by atoms with E-state index in [0.29, 0.717) is 0 Å². The molecule has 2 rings (SSSR count). The van der Waals surface area contributed by atoms with E-state index in [1.54, 1.807) is 11.1 Å². The summed E-state index contributed by atoms with van der Waals surface area (Å²) in [6.07, 6.45) is 9.12. The minimum atomic E-state index is 0.723. The van der Waals surface area contributed by atoms with Gasteiger partial charge in [0.25, 0.3) is 0 Å². The topological polar surface area (TPSA) is 0 Å². The molecular formula is C15H24. The van der Waals surface area contributed by atoms with Gasteiger partial charge in [-0.2, -0.15) is 0 Å². The Kier molecular flexibility index (Phi) is 3.04. The standard InChI is InChI=1S/C15H24/c1-10(2)13-7-5-11(3)14-8-6-12(4)15(14)9-13/h5,9-10,12,14-15H,6-8H2,1-4H3/t12-,14-,15-/m1/s1. The fourth-order valence-electron chi connectivity index (χ4n) is 3.21. The highest BCUT2D eigenvalue weighted by atomic mass is 14.4. The smallest absolute Gasteiger partial charge is 0.0133 e. The monoisotopic (exact) mass is 204 g/mol. The molecular weight excluding hydrogens is 180 g/mol. The normalized spacial score (nSPS) is 35.9. The maximum absolute atomic E-state index is 2.61. The van der Waals surface area contributed by atoms with Crippen molar-refractivity contribution in [3.05, 3.63) is 23.3 Å². The highest BCUT2D eigenvalue weighted by Gasteiger charge is 2.34. The number of fused-ring (bicyclic) bond motifs is 1. The molecule has 0 unspecified atom stereocenters. The molecule has 0 bridgehead atoms. The first-order valence-electron chi connectivity index (χ1n) is 6.47. The molecule has 1 saturated carbocycles. The second kappa shape index (κ2) is 4.15. The van der Waals surface area contributed by atoms with Gasteiger partial charge in [0.15, 0.2) is 0 Å². The van der Waals surface area contributed by atoms with Crippen molar-refractivity contribution >= 4 is 0 Å². The average Bonchev–Trinajstić information content (AvgIpc) is 2.43. The molecule has 0 aromatic carbocycles. The summed E-state index contributed by atoms with van der Waals surface area (Å²) in [6.45, 7) is 9.43. The molecule has 3 atom stereocenters. The predicted octanol–water partition coefficient (Wildman–Crippen LogP) is 4.58. The van der Waals surface area contributed by atoms with Gasteiger partial charge in [-0.1, -0.05) is 44.1 Å². The quantitative estimate of drug-likeness (QED) is 0.548. The summed E-state index contributed by atoms with van der Waals surface area (Å²) in [5, 5.41) is 0. The van der Waals surface area contributed by atoms with E-state index < -0.39 is 0 Å². The first kappa shape index (κ1) is 11.0. The minimum Gasteiger partial charge on any atom is -0.0812 e. The molecule has 0 radical (unpaired) electrons. The average molecular weight is 204 g/mol. The SMILES string of the molecule is CC1=CCC(C(C)C)=C[C@@H]2[C@H](C)CC[C@H]12. The van der Waals surface area contributed by atoms with Crippen molar-refractivity contribution in [2.45, 2.75) is 47.0 Å². The van der Waals surface area contributed by atoms with Crippen molar-refractivity contribution in [3.8, 4) is 0 Å². The summed E-state index contributed by atoms with van der Waals surface area (Å²) >= 11 is 0. The highest BCUT2D eigenvalue weighted by Crippen LogP contribution is 2.44. The lowest BCUT2D eigenvalue weighted by Gasteiger charge is -2.20. The zero-order chi connectivity index (χ0) is 11.0. The van der Waals surface area contributed by atoms with Crippen molar-refractivity contribution in [1.82, 2.24) is 0 Å². The Morgan fingerprint density at radius 3 is 2.67 bits per heavy atom. The Labute approximate surface area is 94.5 Å². The molecule has 0 spiro atoms. The van der Waals surface area contributed by atoms with Crippen LogP contribution in [0.3, 0.4) is 0 Å². The third-order valence-corrected chi connectivity index (χ3v) is 4.45. The molecule has 84 valence electrons. The van der Waals surface area contributed by atoms with Gasteiger partial charge in [-0.15, -0.1) is 0 Å². The minimum absolute atomic E-state index is 0.723. The van der Waals surface area contributed by atoms with Crippen LogP contribution >= 0.6 is 0 Å². The van der Waals surface area contributed by atoms with Crippen LogP contribution in [0.4, 0.5) is 0 Å². The molecule has 0 heteroatoms. The number of rotatable bonds is 1. The molecule has 0 nitrogen and oxygen atoms in total. The van der Waals surface area contributed by atoms with E-state index in [1.165, 1.54) is 19.3 Å². The molecule has 0 N–H and O–H groups in total. The van der Waals surface area contributed by atoms with E-state index in [2.05, 4.69) is 39.8 Å². The zero-order valence-electron chi connectivity index (χ0n) is 10.6. The molecule has 0 aliphatic heterocycles. The summed E-state index contributed by atoms with van der Waals surface area (Å²) in [5.41, 5.74) is 3.31. The second-order valence-corrected chi connectivity index (χ2v) is 5.79. The largest absolute Gasteiger partial charge is 0.0812 e. The molecule has 0 heterocycles. The lowest BCUT2D eigenvalue weighted by molar-refractivity contribution is 0.439. The fourth-order valence-corrected chi connectivity index (χ4v) is 3.21. The Bertz CT molecular complexity index is 293. The third kappa shape index (κ3) is 2.04. The Morgan fingerprint density at radius 1 is 1.27 bits per heavy atom. The van der Waals surface area contributed by atoms with E-state index in [9.17, 15) is 0 Å². The van der Waals surface area contributed by atoms with Crippen LogP contribution in [0.2, 0.25) is 0 Å². The molecule has 0 amide bonds. The van der Waals surface area contributed by atoms with Gasteiger partial charge >= 0.3 is 0 Å². The maximum atomic E-state index is 2.61. The fraction of sp³-hybridized carbons (Fsp3) is 0.733. The summed E-state index contributed by atoms with van der Waals surface area (Å²) in [5.74, 6) is 3.31. The summed E-state index contributed by atoms with van der Waals surface area (Å²) in [4.78, 5) is 0. The van der Waals surface area contributed by atoms with Crippen molar-refractivity contribution in [2.75, 3.05) is 0 Å². The van der Waals surface area contributed by atoms with Gasteiger partial charge in [-0.05, 0) is 49.9 Å². The van der Waals surface area contributed by atoms with Gasteiger partial charge in [-0.25, -0.2) is 0 Å². The Balaban J connectivity index is 2.29. The maximum Gasteiger partial charge on any atom is -0.0133 e. The zero-order valence-corrected chi connectivity index (χ0v) is 10.6. The first-order valence-corrected chi connectivity index (χ1v) is 6.47.